The van der Waals surface area contributed by atoms with Gasteiger partial charge in [-0.3, -0.25) is 9.59 Å². The highest BCUT2D eigenvalue weighted by molar-refractivity contribution is 5.88. The van der Waals surface area contributed by atoms with E-state index >= 15 is 0 Å². The zero-order valence-electron chi connectivity index (χ0n) is 12.4. The second-order valence-electron chi connectivity index (χ2n) is 5.12. The van der Waals surface area contributed by atoms with Gasteiger partial charge in [-0.2, -0.15) is 0 Å². The van der Waals surface area contributed by atoms with Crippen LogP contribution in [0.1, 0.15) is 21.9 Å². The molecule has 0 atom stereocenters. The van der Waals surface area contributed by atoms with Crippen LogP contribution in [0.4, 0.5) is 0 Å². The van der Waals surface area contributed by atoms with Crippen LogP contribution in [0.25, 0.3) is 0 Å². The van der Waals surface area contributed by atoms with Crippen molar-refractivity contribution in [2.24, 2.45) is 5.73 Å². The number of ether oxygens (including phenoxy) is 1. The zero-order valence-corrected chi connectivity index (χ0v) is 12.4. The highest BCUT2D eigenvalue weighted by Crippen LogP contribution is 2.16. The molecule has 7 heteroatoms. The summed E-state index contributed by atoms with van der Waals surface area (Å²) in [6.45, 7) is 0.794. The molecule has 0 unspecified atom stereocenters. The third-order valence-electron chi connectivity index (χ3n) is 3.54. The molecule has 7 nitrogen and oxygen atoms in total. The van der Waals surface area contributed by atoms with E-state index in [2.05, 4.69) is 16.2 Å². The fraction of sp³-hybridized carbons (Fsp3) is 0.250. The molecule has 0 saturated carbocycles. The largest absolute Gasteiger partial charge is 0.484 e. The third-order valence-corrected chi connectivity index (χ3v) is 3.54. The van der Waals surface area contributed by atoms with E-state index in [4.69, 9.17) is 10.5 Å². The van der Waals surface area contributed by atoms with Gasteiger partial charge in [-0.05, 0) is 18.6 Å². The van der Waals surface area contributed by atoms with Crippen LogP contribution in [0.5, 0.6) is 5.75 Å². The number of rotatable bonds is 4. The molecule has 117 valence electrons. The van der Waals surface area contributed by atoms with Gasteiger partial charge in [0.2, 0.25) is 5.82 Å². The van der Waals surface area contributed by atoms with Gasteiger partial charge in [-0.25, -0.2) is 9.97 Å². The monoisotopic (exact) mass is 311 g/mol. The molecule has 1 aliphatic heterocycles. The number of primary amides is 1. The lowest BCUT2D eigenvalue weighted by Gasteiger charge is -2.27. The van der Waals surface area contributed by atoms with Crippen LogP contribution in [0.2, 0.25) is 0 Å². The summed E-state index contributed by atoms with van der Waals surface area (Å²) in [5.74, 6) is -0.290. The minimum Gasteiger partial charge on any atom is -0.484 e. The molecular weight excluding hydrogens is 296 g/mol. The average Bonchev–Trinajstić information content (AvgIpc) is 2.59. The first kappa shape index (κ1) is 15.0. The van der Waals surface area contributed by atoms with E-state index in [-0.39, 0.29) is 18.3 Å². The van der Waals surface area contributed by atoms with Crippen LogP contribution >= 0.6 is 0 Å². The third kappa shape index (κ3) is 3.45. The lowest BCUT2D eigenvalue weighted by atomic mass is 10.1. The molecule has 2 N–H and O–H groups in total. The standard InChI is InChI=1S/C16H15N4O3/c17-15(22)16-18-8-11-6-7-20(9-13(11)19-16)14(21)10-23-12-4-2-1-3-5-12/h1-5H,6-7,9-10H2,(H2,17,22). The van der Waals surface area contributed by atoms with Crippen molar-refractivity contribution in [2.75, 3.05) is 13.2 Å². The minimum absolute atomic E-state index is 0.0448. The highest BCUT2D eigenvalue weighted by Gasteiger charge is 2.23. The number of para-hydroxylation sites is 1. The summed E-state index contributed by atoms with van der Waals surface area (Å²) in [7, 11) is 0. The second kappa shape index (κ2) is 6.43. The van der Waals surface area contributed by atoms with Gasteiger partial charge in [0, 0.05) is 12.1 Å². The van der Waals surface area contributed by atoms with Crippen molar-refractivity contribution in [3.8, 4) is 5.75 Å². The second-order valence-corrected chi connectivity index (χ2v) is 5.12. The summed E-state index contributed by atoms with van der Waals surface area (Å²) < 4.78 is 5.47. The first-order valence-corrected chi connectivity index (χ1v) is 7.16. The Balaban J connectivity index is 1.65. The number of hydrogen-bond donors (Lipinski definition) is 1. The normalized spacial score (nSPS) is 13.3. The smallest absolute Gasteiger partial charge is 0.286 e. The van der Waals surface area contributed by atoms with Crippen molar-refractivity contribution in [2.45, 2.75) is 13.0 Å². The van der Waals surface area contributed by atoms with E-state index in [1.54, 1.807) is 17.0 Å². The lowest BCUT2D eigenvalue weighted by Crippen LogP contribution is -2.39. The Hall–Kier alpha value is -2.96. The molecule has 0 saturated heterocycles. The van der Waals surface area contributed by atoms with Crippen molar-refractivity contribution >= 4 is 11.8 Å². The van der Waals surface area contributed by atoms with Crippen molar-refractivity contribution < 1.29 is 14.3 Å². The van der Waals surface area contributed by atoms with Crippen LogP contribution in [0, 0.1) is 6.20 Å². The Labute approximate surface area is 133 Å². The molecule has 0 fully saturated rings. The highest BCUT2D eigenvalue weighted by atomic mass is 16.5. The molecule has 23 heavy (non-hydrogen) atoms. The van der Waals surface area contributed by atoms with Gasteiger partial charge < -0.3 is 15.4 Å². The van der Waals surface area contributed by atoms with Gasteiger partial charge in [0.25, 0.3) is 11.8 Å². The van der Waals surface area contributed by atoms with Crippen molar-refractivity contribution in [1.82, 2.24) is 14.9 Å². The summed E-state index contributed by atoms with van der Waals surface area (Å²) in [6.07, 6.45) is 3.36. The van der Waals surface area contributed by atoms with Gasteiger partial charge >= 0.3 is 0 Å². The summed E-state index contributed by atoms with van der Waals surface area (Å²) in [6, 6.07) is 9.15. The maximum atomic E-state index is 12.3. The first-order chi connectivity index (χ1) is 11.1. The van der Waals surface area contributed by atoms with Gasteiger partial charge in [0.15, 0.2) is 6.61 Å². The molecule has 1 aromatic carbocycles. The number of fused-ring (bicyclic) bond motifs is 1. The van der Waals surface area contributed by atoms with Crippen LogP contribution < -0.4 is 10.5 Å². The minimum atomic E-state index is -0.708. The Morgan fingerprint density at radius 3 is 2.83 bits per heavy atom. The number of amides is 2. The Bertz CT molecular complexity index is 733. The molecule has 2 aromatic rings. The van der Waals surface area contributed by atoms with Crippen LogP contribution in [0.3, 0.4) is 0 Å². The maximum absolute atomic E-state index is 12.3. The topological polar surface area (TPSA) is 98.4 Å². The predicted molar refractivity (Wildman–Crippen MR) is 80.4 cm³/mol. The molecule has 2 amide bonds. The van der Waals surface area contributed by atoms with Gasteiger partial charge in [-0.15, -0.1) is 0 Å². The van der Waals surface area contributed by atoms with E-state index in [0.717, 1.165) is 5.56 Å². The first-order valence-electron chi connectivity index (χ1n) is 7.16. The van der Waals surface area contributed by atoms with E-state index in [0.29, 0.717) is 31.0 Å². The summed E-state index contributed by atoms with van der Waals surface area (Å²) in [5.41, 5.74) is 6.58. The molecule has 0 bridgehead atoms. The molecule has 1 radical (unpaired) electrons. The quantitative estimate of drug-likeness (QED) is 0.878. The molecule has 0 aliphatic carbocycles. The summed E-state index contributed by atoms with van der Waals surface area (Å²) in [4.78, 5) is 32.9. The SMILES string of the molecule is NC(=O)c1n[c]c2c(n1)CN(C(=O)COc1ccccc1)CC2. The van der Waals surface area contributed by atoms with Gasteiger partial charge in [0.1, 0.15) is 5.75 Å². The van der Waals surface area contributed by atoms with Crippen LogP contribution in [-0.4, -0.2) is 39.8 Å². The van der Waals surface area contributed by atoms with E-state index < -0.39 is 5.91 Å². The van der Waals surface area contributed by atoms with Crippen molar-refractivity contribution in [3.05, 3.63) is 53.6 Å². The van der Waals surface area contributed by atoms with E-state index in [1.807, 2.05) is 18.2 Å². The van der Waals surface area contributed by atoms with E-state index in [1.165, 1.54) is 0 Å². The number of aromatic nitrogens is 2. The van der Waals surface area contributed by atoms with Crippen LogP contribution in [0.15, 0.2) is 30.3 Å². The molecule has 0 spiro atoms. The molecule has 1 aliphatic rings. The fourth-order valence-electron chi connectivity index (χ4n) is 2.32. The van der Waals surface area contributed by atoms with Crippen molar-refractivity contribution in [3.63, 3.8) is 0 Å². The predicted octanol–water partition coefficient (Wildman–Crippen LogP) is 0.339. The maximum Gasteiger partial charge on any atom is 0.286 e. The number of carbonyl (C=O) groups is 2. The Morgan fingerprint density at radius 2 is 2.09 bits per heavy atom. The van der Waals surface area contributed by atoms with Gasteiger partial charge in [-0.1, -0.05) is 18.2 Å². The Kier molecular flexibility index (Phi) is 4.18. The lowest BCUT2D eigenvalue weighted by molar-refractivity contribution is -0.134. The Morgan fingerprint density at radius 1 is 1.30 bits per heavy atom. The van der Waals surface area contributed by atoms with Crippen molar-refractivity contribution in [1.29, 1.82) is 0 Å². The number of hydrogen-bond acceptors (Lipinski definition) is 5. The molecular formula is C16H15N4O3. The number of benzene rings is 1. The zero-order chi connectivity index (χ0) is 16.2. The molecule has 1 aromatic heterocycles. The fourth-order valence-corrected chi connectivity index (χ4v) is 2.32. The van der Waals surface area contributed by atoms with E-state index in [9.17, 15) is 9.59 Å². The summed E-state index contributed by atoms with van der Waals surface area (Å²) >= 11 is 0. The number of nitrogens with two attached hydrogens (primary N) is 1. The molecule has 2 heterocycles. The van der Waals surface area contributed by atoms with Gasteiger partial charge in [0.05, 0.1) is 18.4 Å². The summed E-state index contributed by atoms with van der Waals surface area (Å²) in [5, 5.41) is 0. The molecule has 3 rings (SSSR count). The van der Waals surface area contributed by atoms with Crippen LogP contribution in [-0.2, 0) is 17.8 Å². The average molecular weight is 311 g/mol. The number of carbonyl (C=O) groups excluding carboxylic acids is 2. The number of nitrogens with zero attached hydrogens (tertiary/aromatic N) is 3.